The Hall–Kier alpha value is -3.90. The Bertz CT molecular complexity index is 1620. The van der Waals surface area contributed by atoms with Crippen molar-refractivity contribution in [1.82, 2.24) is 19.8 Å². The maximum absolute atomic E-state index is 14.5. The van der Waals surface area contributed by atoms with Crippen molar-refractivity contribution in [1.29, 1.82) is 0 Å². The van der Waals surface area contributed by atoms with Gasteiger partial charge in [-0.05, 0) is 75.9 Å². The van der Waals surface area contributed by atoms with Crippen LogP contribution in [0.2, 0.25) is 0 Å². The summed E-state index contributed by atoms with van der Waals surface area (Å²) in [6.45, 7) is 8.91. The minimum Gasteiger partial charge on any atom is -0.473 e. The molecule has 2 aromatic carbocycles. The van der Waals surface area contributed by atoms with Crippen LogP contribution in [0, 0.1) is 0 Å². The second-order valence-corrected chi connectivity index (χ2v) is 14.5. The van der Waals surface area contributed by atoms with Crippen LogP contribution in [-0.2, 0) is 16.1 Å². The third kappa shape index (κ3) is 6.82. The molecule has 2 bridgehead atoms. The van der Waals surface area contributed by atoms with Gasteiger partial charge in [-0.2, -0.15) is 9.97 Å². The van der Waals surface area contributed by atoms with Crippen LogP contribution >= 0.6 is 0 Å². The molecular weight excluding hydrogens is 617 g/mol. The third-order valence-electron chi connectivity index (χ3n) is 9.95. The Balaban J connectivity index is 1.15. The van der Waals surface area contributed by atoms with Crippen LogP contribution in [0.1, 0.15) is 58.4 Å². The SMILES string of the molecule is COCOc1cc(COc2cc(N3C[C@H]4CC[C@@H](C3)N4C(=O)OC(C)(C)C)nc(OC[C@@]34CCCN3C[C@H](F)C4)n2)c2ccccc2c1. The maximum atomic E-state index is 14.5. The topological polar surface area (TPSA) is 98.7 Å². The molecule has 11 nitrogen and oxygen atoms in total. The van der Waals surface area contributed by atoms with Crippen molar-refractivity contribution in [3.63, 3.8) is 0 Å². The molecular formula is C36H46FN5O6. The van der Waals surface area contributed by atoms with Crippen molar-refractivity contribution in [2.75, 3.05) is 51.6 Å². The lowest BCUT2D eigenvalue weighted by atomic mass is 9.95. The summed E-state index contributed by atoms with van der Waals surface area (Å²) in [5.41, 5.74) is 0.0425. The molecule has 4 atom stereocenters. The van der Waals surface area contributed by atoms with E-state index in [9.17, 15) is 9.18 Å². The fourth-order valence-electron chi connectivity index (χ4n) is 7.88. The summed E-state index contributed by atoms with van der Waals surface area (Å²) in [4.78, 5) is 29.0. The fraction of sp³-hybridized carbons (Fsp3) is 0.583. The van der Waals surface area contributed by atoms with E-state index < -0.39 is 11.8 Å². The van der Waals surface area contributed by atoms with E-state index in [2.05, 4.69) is 15.9 Å². The highest BCUT2D eigenvalue weighted by Crippen LogP contribution is 2.41. The zero-order chi connectivity index (χ0) is 33.5. The van der Waals surface area contributed by atoms with Crippen LogP contribution in [-0.4, -0.2) is 102 Å². The minimum absolute atomic E-state index is 0.00872. The lowest BCUT2D eigenvalue weighted by Gasteiger charge is -2.41. The zero-order valence-corrected chi connectivity index (χ0v) is 28.3. The summed E-state index contributed by atoms with van der Waals surface area (Å²) in [7, 11) is 1.59. The monoisotopic (exact) mass is 663 g/mol. The van der Waals surface area contributed by atoms with E-state index in [4.69, 9.17) is 33.7 Å². The molecule has 4 aliphatic rings. The molecule has 0 N–H and O–H groups in total. The average Bonchev–Trinajstić information content (AvgIpc) is 3.67. The molecule has 0 radical (unpaired) electrons. The number of carbonyl (C=O) groups is 1. The second kappa shape index (κ2) is 13.2. The lowest BCUT2D eigenvalue weighted by Crippen LogP contribution is -2.57. The number of ether oxygens (including phenoxy) is 5. The molecule has 0 saturated carbocycles. The molecule has 4 aliphatic heterocycles. The highest BCUT2D eigenvalue weighted by Gasteiger charge is 2.49. The molecule has 4 fully saturated rings. The fourth-order valence-corrected chi connectivity index (χ4v) is 7.88. The normalized spacial score (nSPS) is 25.4. The molecule has 1 amide bonds. The predicted molar refractivity (Wildman–Crippen MR) is 178 cm³/mol. The summed E-state index contributed by atoms with van der Waals surface area (Å²) < 4.78 is 43.9. The number of fused-ring (bicyclic) bond motifs is 4. The molecule has 7 rings (SSSR count). The van der Waals surface area contributed by atoms with Crippen LogP contribution < -0.4 is 19.1 Å². The first kappa shape index (κ1) is 32.6. The van der Waals surface area contributed by atoms with Gasteiger partial charge in [0.15, 0.2) is 6.79 Å². The standard InChI is InChI=1S/C36H46FN5O6/c1-35(2,3)48-34(43)42-27-10-11-28(42)20-40(19-27)31-16-32(39-33(38-31)46-22-36-12-7-13-41(36)18-26(37)17-36)45-21-25-15-29(47-23-44-4)14-24-8-5-6-9-30(24)25/h5-6,8-9,14-16,26-28H,7,10-13,17-23H2,1-4H3/t26-,27-,28+,36+/m1/s1. The van der Waals surface area contributed by atoms with Gasteiger partial charge >= 0.3 is 12.1 Å². The molecule has 0 unspecified atom stereocenters. The summed E-state index contributed by atoms with van der Waals surface area (Å²) >= 11 is 0. The molecule has 0 spiro atoms. The highest BCUT2D eigenvalue weighted by molar-refractivity contribution is 5.87. The molecule has 0 aliphatic carbocycles. The van der Waals surface area contributed by atoms with E-state index in [1.54, 1.807) is 7.11 Å². The highest BCUT2D eigenvalue weighted by atomic mass is 19.1. The number of nitrogens with zero attached hydrogens (tertiary/aromatic N) is 5. The van der Waals surface area contributed by atoms with Gasteiger partial charge in [0.1, 0.15) is 36.6 Å². The molecule has 1 aromatic heterocycles. The van der Waals surface area contributed by atoms with Crippen molar-refractivity contribution in [3.05, 3.63) is 48.0 Å². The Labute approximate surface area is 281 Å². The molecule has 3 aromatic rings. The van der Waals surface area contributed by atoms with Crippen molar-refractivity contribution in [2.45, 2.75) is 88.9 Å². The Kier molecular flexibility index (Phi) is 8.97. The van der Waals surface area contributed by atoms with Gasteiger partial charge in [-0.1, -0.05) is 24.3 Å². The van der Waals surface area contributed by atoms with Crippen LogP contribution in [0.5, 0.6) is 17.6 Å². The zero-order valence-electron chi connectivity index (χ0n) is 28.3. The number of alkyl halides is 1. The largest absolute Gasteiger partial charge is 0.473 e. The van der Waals surface area contributed by atoms with Crippen molar-refractivity contribution < 1.29 is 32.9 Å². The third-order valence-corrected chi connectivity index (χ3v) is 9.95. The second-order valence-electron chi connectivity index (χ2n) is 14.5. The van der Waals surface area contributed by atoms with E-state index in [1.165, 1.54) is 0 Å². The van der Waals surface area contributed by atoms with Gasteiger partial charge in [0, 0.05) is 44.8 Å². The number of benzene rings is 2. The van der Waals surface area contributed by atoms with Gasteiger partial charge in [0.2, 0.25) is 5.88 Å². The Morgan fingerprint density at radius 3 is 2.58 bits per heavy atom. The molecule has 5 heterocycles. The van der Waals surface area contributed by atoms with E-state index in [-0.39, 0.29) is 43.1 Å². The van der Waals surface area contributed by atoms with E-state index in [1.807, 2.05) is 62.1 Å². The van der Waals surface area contributed by atoms with Crippen molar-refractivity contribution >= 4 is 22.7 Å². The van der Waals surface area contributed by atoms with Crippen LogP contribution in [0.15, 0.2) is 42.5 Å². The van der Waals surface area contributed by atoms with Gasteiger partial charge in [0.05, 0.1) is 17.6 Å². The number of halogens is 1. The Morgan fingerprint density at radius 1 is 1.02 bits per heavy atom. The number of carbonyl (C=O) groups excluding carboxylic acids is 1. The summed E-state index contributed by atoms with van der Waals surface area (Å²) in [5.74, 6) is 1.73. The summed E-state index contributed by atoms with van der Waals surface area (Å²) in [5, 5.41) is 2.07. The smallest absolute Gasteiger partial charge is 0.410 e. The quantitative estimate of drug-likeness (QED) is 0.250. The average molecular weight is 664 g/mol. The van der Waals surface area contributed by atoms with Gasteiger partial charge in [-0.15, -0.1) is 0 Å². The molecule has 48 heavy (non-hydrogen) atoms. The first-order valence-corrected chi connectivity index (χ1v) is 17.0. The van der Waals surface area contributed by atoms with Gasteiger partial charge in [-0.25, -0.2) is 9.18 Å². The van der Waals surface area contributed by atoms with Gasteiger partial charge < -0.3 is 28.6 Å². The number of hydrogen-bond donors (Lipinski definition) is 0. The van der Waals surface area contributed by atoms with E-state index in [0.717, 1.165) is 48.6 Å². The number of piperazine rings is 1. The van der Waals surface area contributed by atoms with Gasteiger partial charge in [0.25, 0.3) is 0 Å². The number of amides is 1. The van der Waals surface area contributed by atoms with E-state index in [0.29, 0.717) is 50.1 Å². The first-order chi connectivity index (χ1) is 23.1. The van der Waals surface area contributed by atoms with Crippen molar-refractivity contribution in [3.8, 4) is 17.6 Å². The summed E-state index contributed by atoms with van der Waals surface area (Å²) in [6, 6.07) is 14.1. The minimum atomic E-state index is -0.852. The van der Waals surface area contributed by atoms with E-state index >= 15 is 0 Å². The predicted octanol–water partition coefficient (Wildman–Crippen LogP) is 5.73. The molecule has 4 saturated heterocycles. The number of aromatic nitrogens is 2. The lowest BCUT2D eigenvalue weighted by molar-refractivity contribution is 0.0122. The number of anilines is 1. The number of rotatable bonds is 10. The van der Waals surface area contributed by atoms with Crippen LogP contribution in [0.3, 0.4) is 0 Å². The number of hydrogen-bond acceptors (Lipinski definition) is 10. The Morgan fingerprint density at radius 2 is 1.81 bits per heavy atom. The first-order valence-electron chi connectivity index (χ1n) is 17.0. The maximum Gasteiger partial charge on any atom is 0.410 e. The van der Waals surface area contributed by atoms with Crippen LogP contribution in [0.25, 0.3) is 10.8 Å². The molecule has 258 valence electrons. The van der Waals surface area contributed by atoms with Gasteiger partial charge in [-0.3, -0.25) is 9.80 Å². The number of methoxy groups -OCH3 is 1. The molecule has 12 heteroatoms. The van der Waals surface area contributed by atoms with Crippen molar-refractivity contribution in [2.24, 2.45) is 0 Å². The summed E-state index contributed by atoms with van der Waals surface area (Å²) in [6.07, 6.45) is 3.05. The van der Waals surface area contributed by atoms with Crippen LogP contribution in [0.4, 0.5) is 15.0 Å².